The van der Waals surface area contributed by atoms with E-state index in [1.54, 1.807) is 25.4 Å². The van der Waals surface area contributed by atoms with E-state index in [4.69, 9.17) is 20.9 Å². The fourth-order valence-electron chi connectivity index (χ4n) is 2.54. The quantitative estimate of drug-likeness (QED) is 0.784. The van der Waals surface area contributed by atoms with E-state index in [1.165, 1.54) is 4.57 Å². The van der Waals surface area contributed by atoms with E-state index >= 15 is 0 Å². The predicted octanol–water partition coefficient (Wildman–Crippen LogP) is 2.49. The summed E-state index contributed by atoms with van der Waals surface area (Å²) in [6.45, 7) is 9.66. The van der Waals surface area contributed by atoms with Crippen molar-refractivity contribution in [3.05, 3.63) is 51.7 Å². The van der Waals surface area contributed by atoms with Crippen LogP contribution in [0.1, 0.15) is 33.4 Å². The maximum atomic E-state index is 12.2. The van der Waals surface area contributed by atoms with Crippen molar-refractivity contribution in [2.45, 2.75) is 45.8 Å². The van der Waals surface area contributed by atoms with Crippen LogP contribution in [0.4, 0.5) is 0 Å². The summed E-state index contributed by atoms with van der Waals surface area (Å²) in [4.78, 5) is 16.2. The summed E-state index contributed by atoms with van der Waals surface area (Å²) in [5.74, 6) is 0. The molecule has 0 atom stereocenters. The highest BCUT2D eigenvalue weighted by molar-refractivity contribution is 6.65. The van der Waals surface area contributed by atoms with Crippen LogP contribution < -0.4 is 11.0 Å². The number of benzene rings is 1. The smallest absolute Gasteiger partial charge is 0.399 e. The van der Waals surface area contributed by atoms with Crippen LogP contribution in [0.15, 0.2) is 35.4 Å². The zero-order valence-electron chi connectivity index (χ0n) is 14.5. The number of hydrogen-bond acceptors (Lipinski definition) is 4. The van der Waals surface area contributed by atoms with Crippen molar-refractivity contribution in [1.29, 1.82) is 0 Å². The van der Waals surface area contributed by atoms with Crippen LogP contribution in [0.25, 0.3) is 5.69 Å². The molecule has 5 nitrogen and oxygen atoms in total. The molecular weight excluding hydrogens is 326 g/mol. The first-order valence-corrected chi connectivity index (χ1v) is 8.20. The first-order chi connectivity index (χ1) is 11.1. The van der Waals surface area contributed by atoms with Crippen LogP contribution in [-0.2, 0) is 9.31 Å². The van der Waals surface area contributed by atoms with E-state index < -0.39 is 18.3 Å². The molecule has 126 valence electrons. The van der Waals surface area contributed by atoms with Crippen molar-refractivity contribution < 1.29 is 9.31 Å². The maximum Gasteiger partial charge on any atom is 0.496 e. The Hall–Kier alpha value is -1.63. The van der Waals surface area contributed by atoms with Gasteiger partial charge in [-0.2, -0.15) is 0 Å². The standard InChI is InChI=1S/C17H20BClN2O3/c1-11-15(22)21(9-8-20-11)12-6-7-13(14(19)10-12)18-23-16(2,3)17(4,5)24-18/h6-10H,1-5H3. The Labute approximate surface area is 146 Å². The minimum atomic E-state index is -0.535. The molecule has 0 N–H and O–H groups in total. The molecule has 24 heavy (non-hydrogen) atoms. The predicted molar refractivity (Wildman–Crippen MR) is 95.3 cm³/mol. The normalized spacial score (nSPS) is 18.8. The summed E-state index contributed by atoms with van der Waals surface area (Å²) in [5.41, 5.74) is 0.826. The summed E-state index contributed by atoms with van der Waals surface area (Å²) in [5, 5.41) is 0.493. The van der Waals surface area contributed by atoms with E-state index in [2.05, 4.69) is 4.98 Å². The number of hydrogen-bond donors (Lipinski definition) is 0. The topological polar surface area (TPSA) is 53.4 Å². The molecule has 1 aromatic carbocycles. The van der Waals surface area contributed by atoms with Gasteiger partial charge in [0.15, 0.2) is 0 Å². The van der Waals surface area contributed by atoms with Gasteiger partial charge in [-0.1, -0.05) is 17.7 Å². The highest BCUT2D eigenvalue weighted by Crippen LogP contribution is 2.37. The van der Waals surface area contributed by atoms with Gasteiger partial charge in [0.25, 0.3) is 5.56 Å². The lowest BCUT2D eigenvalue weighted by molar-refractivity contribution is 0.00578. The molecule has 0 saturated carbocycles. The number of aromatic nitrogens is 2. The number of rotatable bonds is 2. The van der Waals surface area contributed by atoms with Crippen LogP contribution in [0.2, 0.25) is 5.02 Å². The molecular formula is C17H20BClN2O3. The Balaban J connectivity index is 1.97. The van der Waals surface area contributed by atoms with Gasteiger partial charge in [-0.25, -0.2) is 0 Å². The van der Waals surface area contributed by atoms with Crippen molar-refractivity contribution in [2.75, 3.05) is 0 Å². The molecule has 0 bridgehead atoms. The number of nitrogens with zero attached hydrogens (tertiary/aromatic N) is 2. The molecule has 1 aliphatic heterocycles. The summed E-state index contributed by atoms with van der Waals surface area (Å²) in [6, 6.07) is 5.40. The molecule has 0 unspecified atom stereocenters. The fourth-order valence-corrected chi connectivity index (χ4v) is 2.80. The third-order valence-electron chi connectivity index (χ3n) is 4.78. The monoisotopic (exact) mass is 346 g/mol. The van der Waals surface area contributed by atoms with Gasteiger partial charge in [-0.3, -0.25) is 14.3 Å². The van der Waals surface area contributed by atoms with E-state index in [-0.39, 0.29) is 5.56 Å². The summed E-state index contributed by atoms with van der Waals surface area (Å²) < 4.78 is 13.6. The third kappa shape index (κ3) is 2.79. The van der Waals surface area contributed by atoms with E-state index in [0.717, 1.165) is 5.46 Å². The van der Waals surface area contributed by atoms with Crippen LogP contribution in [-0.4, -0.2) is 27.9 Å². The van der Waals surface area contributed by atoms with E-state index in [1.807, 2.05) is 39.8 Å². The lowest BCUT2D eigenvalue weighted by atomic mass is 9.79. The Kier molecular flexibility index (Phi) is 4.10. The Morgan fingerprint density at radius 2 is 1.79 bits per heavy atom. The van der Waals surface area contributed by atoms with Gasteiger partial charge < -0.3 is 9.31 Å². The SMILES string of the molecule is Cc1nccn(-c2ccc(B3OC(C)(C)C(C)(C)O3)c(Cl)c2)c1=O. The summed E-state index contributed by atoms with van der Waals surface area (Å²) in [6.07, 6.45) is 3.21. The molecule has 3 rings (SSSR count). The molecule has 1 saturated heterocycles. The van der Waals surface area contributed by atoms with Crippen molar-refractivity contribution in [2.24, 2.45) is 0 Å². The molecule has 1 aliphatic rings. The maximum absolute atomic E-state index is 12.2. The minimum Gasteiger partial charge on any atom is -0.399 e. The molecule has 0 spiro atoms. The molecule has 0 radical (unpaired) electrons. The fraction of sp³-hybridized carbons (Fsp3) is 0.412. The van der Waals surface area contributed by atoms with Crippen molar-refractivity contribution in [3.8, 4) is 5.69 Å². The van der Waals surface area contributed by atoms with E-state index in [0.29, 0.717) is 16.4 Å². The van der Waals surface area contributed by atoms with Crippen LogP contribution >= 0.6 is 11.6 Å². The molecule has 2 heterocycles. The van der Waals surface area contributed by atoms with Gasteiger partial charge in [0.05, 0.1) is 16.9 Å². The van der Waals surface area contributed by atoms with Gasteiger partial charge in [0.2, 0.25) is 0 Å². The molecule has 2 aromatic rings. The molecule has 0 amide bonds. The largest absolute Gasteiger partial charge is 0.496 e. The average Bonchev–Trinajstić information content (AvgIpc) is 2.70. The van der Waals surface area contributed by atoms with Crippen LogP contribution in [0, 0.1) is 6.92 Å². The lowest BCUT2D eigenvalue weighted by Gasteiger charge is -2.32. The Morgan fingerprint density at radius 1 is 1.17 bits per heavy atom. The Morgan fingerprint density at radius 3 is 2.38 bits per heavy atom. The Bertz CT molecular complexity index is 832. The molecule has 0 aliphatic carbocycles. The zero-order chi connectivity index (χ0) is 17.7. The van der Waals surface area contributed by atoms with Crippen molar-refractivity contribution in [3.63, 3.8) is 0 Å². The first-order valence-electron chi connectivity index (χ1n) is 7.82. The average molecular weight is 347 g/mol. The second kappa shape index (κ2) is 5.72. The summed E-state index contributed by atoms with van der Waals surface area (Å²) in [7, 11) is -0.535. The van der Waals surface area contributed by atoms with Crippen LogP contribution in [0.3, 0.4) is 0 Å². The molecule has 7 heteroatoms. The minimum absolute atomic E-state index is 0.169. The van der Waals surface area contributed by atoms with Gasteiger partial charge in [0.1, 0.15) is 5.69 Å². The first kappa shape index (κ1) is 17.2. The van der Waals surface area contributed by atoms with Crippen molar-refractivity contribution in [1.82, 2.24) is 9.55 Å². The zero-order valence-corrected chi connectivity index (χ0v) is 15.2. The molecule has 1 fully saturated rings. The number of halogens is 1. The summed E-state index contributed by atoms with van der Waals surface area (Å²) >= 11 is 6.45. The second-order valence-electron chi connectivity index (χ2n) is 6.98. The van der Waals surface area contributed by atoms with Crippen LogP contribution in [0.5, 0.6) is 0 Å². The third-order valence-corrected chi connectivity index (χ3v) is 5.11. The van der Waals surface area contributed by atoms with Crippen molar-refractivity contribution >= 4 is 24.2 Å². The van der Waals surface area contributed by atoms with Gasteiger partial charge in [0, 0.05) is 22.9 Å². The highest BCUT2D eigenvalue weighted by Gasteiger charge is 2.52. The number of aryl methyl sites for hydroxylation is 1. The lowest BCUT2D eigenvalue weighted by Crippen LogP contribution is -2.41. The van der Waals surface area contributed by atoms with Gasteiger partial charge >= 0.3 is 7.12 Å². The molecule has 1 aromatic heterocycles. The van der Waals surface area contributed by atoms with Gasteiger partial charge in [-0.05, 0) is 46.8 Å². The second-order valence-corrected chi connectivity index (χ2v) is 7.39. The van der Waals surface area contributed by atoms with Gasteiger partial charge in [-0.15, -0.1) is 0 Å². The van der Waals surface area contributed by atoms with E-state index in [9.17, 15) is 4.79 Å². The highest BCUT2D eigenvalue weighted by atomic mass is 35.5.